The molecule has 1 heterocycles. The maximum absolute atomic E-state index is 5.95. The van der Waals surface area contributed by atoms with Gasteiger partial charge in [0.15, 0.2) is 0 Å². The first-order chi connectivity index (χ1) is 9.20. The summed E-state index contributed by atoms with van der Waals surface area (Å²) in [5.74, 6) is 0. The number of benzene rings is 2. The van der Waals surface area contributed by atoms with Crippen LogP contribution < -0.4 is 5.32 Å². The third-order valence-electron chi connectivity index (χ3n) is 3.83. The molecule has 0 aromatic heterocycles. The van der Waals surface area contributed by atoms with Gasteiger partial charge in [0, 0.05) is 28.0 Å². The molecule has 3 rings (SSSR count). The standard InChI is InChI=1S/C16H15BrClN/c17-15-4-2-1-3-14(15)16(10-19-11-16)9-12-5-7-13(18)8-6-12/h1-8,19H,9-11H2. The highest BCUT2D eigenvalue weighted by molar-refractivity contribution is 9.10. The smallest absolute Gasteiger partial charge is 0.0406 e. The first kappa shape index (κ1) is 13.2. The molecular formula is C16H15BrClN. The molecule has 2 aromatic carbocycles. The van der Waals surface area contributed by atoms with Gasteiger partial charge in [0.25, 0.3) is 0 Å². The quantitative estimate of drug-likeness (QED) is 0.886. The molecular weight excluding hydrogens is 322 g/mol. The van der Waals surface area contributed by atoms with Crippen molar-refractivity contribution < 1.29 is 0 Å². The van der Waals surface area contributed by atoms with E-state index in [2.05, 4.69) is 57.6 Å². The summed E-state index contributed by atoms with van der Waals surface area (Å²) >= 11 is 9.64. The van der Waals surface area contributed by atoms with Crippen LogP contribution in [0.1, 0.15) is 11.1 Å². The molecule has 0 unspecified atom stereocenters. The van der Waals surface area contributed by atoms with E-state index in [1.165, 1.54) is 15.6 Å². The van der Waals surface area contributed by atoms with Crippen LogP contribution in [0.25, 0.3) is 0 Å². The zero-order valence-corrected chi connectivity index (χ0v) is 12.8. The van der Waals surface area contributed by atoms with Crippen LogP contribution in [0.5, 0.6) is 0 Å². The van der Waals surface area contributed by atoms with E-state index in [0.29, 0.717) is 0 Å². The van der Waals surface area contributed by atoms with Crippen LogP contribution in [0.3, 0.4) is 0 Å². The maximum Gasteiger partial charge on any atom is 0.0406 e. The van der Waals surface area contributed by atoms with Gasteiger partial charge in [-0.25, -0.2) is 0 Å². The predicted octanol–water partition coefficient (Wildman–Crippen LogP) is 4.19. The second kappa shape index (κ2) is 5.28. The molecule has 1 aliphatic rings. The molecule has 1 saturated heterocycles. The van der Waals surface area contributed by atoms with Gasteiger partial charge in [-0.3, -0.25) is 0 Å². The van der Waals surface area contributed by atoms with Gasteiger partial charge in [0.05, 0.1) is 0 Å². The molecule has 0 atom stereocenters. The first-order valence-electron chi connectivity index (χ1n) is 6.40. The number of nitrogens with one attached hydrogen (secondary N) is 1. The first-order valence-corrected chi connectivity index (χ1v) is 7.57. The average molecular weight is 337 g/mol. The van der Waals surface area contributed by atoms with E-state index in [-0.39, 0.29) is 5.41 Å². The van der Waals surface area contributed by atoms with Crippen LogP contribution in [-0.4, -0.2) is 13.1 Å². The largest absolute Gasteiger partial charge is 0.315 e. The Balaban J connectivity index is 1.92. The van der Waals surface area contributed by atoms with E-state index < -0.39 is 0 Å². The van der Waals surface area contributed by atoms with Gasteiger partial charge < -0.3 is 5.32 Å². The van der Waals surface area contributed by atoms with E-state index in [4.69, 9.17) is 11.6 Å². The highest BCUT2D eigenvalue weighted by atomic mass is 79.9. The van der Waals surface area contributed by atoms with Gasteiger partial charge in [-0.15, -0.1) is 0 Å². The summed E-state index contributed by atoms with van der Waals surface area (Å²) in [5, 5.41) is 4.21. The Labute approximate surface area is 127 Å². The molecule has 1 N–H and O–H groups in total. The van der Waals surface area contributed by atoms with Crippen molar-refractivity contribution in [2.24, 2.45) is 0 Å². The van der Waals surface area contributed by atoms with E-state index in [0.717, 1.165) is 24.5 Å². The predicted molar refractivity (Wildman–Crippen MR) is 83.8 cm³/mol. The number of hydrogen-bond donors (Lipinski definition) is 1. The van der Waals surface area contributed by atoms with Gasteiger partial charge >= 0.3 is 0 Å². The van der Waals surface area contributed by atoms with Crippen molar-refractivity contribution in [1.82, 2.24) is 5.32 Å². The second-order valence-corrected chi connectivity index (χ2v) is 6.46. The fraction of sp³-hybridized carbons (Fsp3) is 0.250. The number of hydrogen-bond acceptors (Lipinski definition) is 1. The second-order valence-electron chi connectivity index (χ2n) is 5.17. The molecule has 1 aliphatic heterocycles. The molecule has 0 saturated carbocycles. The molecule has 0 spiro atoms. The van der Waals surface area contributed by atoms with Crippen molar-refractivity contribution >= 4 is 27.5 Å². The summed E-state index contributed by atoms with van der Waals surface area (Å²) in [6.45, 7) is 2.05. The minimum Gasteiger partial charge on any atom is -0.315 e. The molecule has 1 fully saturated rings. The summed E-state index contributed by atoms with van der Waals surface area (Å²) in [4.78, 5) is 0. The molecule has 98 valence electrons. The van der Waals surface area contributed by atoms with Gasteiger partial charge in [-0.05, 0) is 35.7 Å². The lowest BCUT2D eigenvalue weighted by Gasteiger charge is -2.44. The Morgan fingerprint density at radius 1 is 1.05 bits per heavy atom. The van der Waals surface area contributed by atoms with Gasteiger partial charge in [0.1, 0.15) is 0 Å². The number of halogens is 2. The van der Waals surface area contributed by atoms with E-state index in [1.54, 1.807) is 0 Å². The van der Waals surface area contributed by atoms with Crippen LogP contribution in [-0.2, 0) is 11.8 Å². The number of rotatable bonds is 3. The molecule has 0 radical (unpaired) electrons. The van der Waals surface area contributed by atoms with Crippen molar-refractivity contribution in [3.8, 4) is 0 Å². The fourth-order valence-corrected chi connectivity index (χ4v) is 3.55. The Morgan fingerprint density at radius 3 is 2.32 bits per heavy atom. The van der Waals surface area contributed by atoms with Gasteiger partial charge in [0.2, 0.25) is 0 Å². The molecule has 1 nitrogen and oxygen atoms in total. The molecule has 2 aromatic rings. The molecule has 0 aliphatic carbocycles. The molecule has 0 amide bonds. The Kier molecular flexibility index (Phi) is 3.66. The van der Waals surface area contributed by atoms with Crippen molar-refractivity contribution in [3.63, 3.8) is 0 Å². The van der Waals surface area contributed by atoms with Crippen LogP contribution in [0.15, 0.2) is 53.0 Å². The SMILES string of the molecule is Clc1ccc(CC2(c3ccccc3Br)CNC2)cc1. The zero-order valence-electron chi connectivity index (χ0n) is 10.5. The topological polar surface area (TPSA) is 12.0 Å². The monoisotopic (exact) mass is 335 g/mol. The molecule has 19 heavy (non-hydrogen) atoms. The normalized spacial score (nSPS) is 16.9. The lowest BCUT2D eigenvalue weighted by molar-refractivity contribution is 0.273. The highest BCUT2D eigenvalue weighted by Crippen LogP contribution is 2.36. The minimum atomic E-state index is 0.202. The fourth-order valence-electron chi connectivity index (χ4n) is 2.72. The Hall–Kier alpha value is -0.830. The summed E-state index contributed by atoms with van der Waals surface area (Å²) in [6, 6.07) is 16.7. The van der Waals surface area contributed by atoms with Crippen molar-refractivity contribution in [2.75, 3.05) is 13.1 Å². The molecule has 0 bridgehead atoms. The lowest BCUT2D eigenvalue weighted by Crippen LogP contribution is -2.58. The van der Waals surface area contributed by atoms with E-state index in [1.807, 2.05) is 12.1 Å². The van der Waals surface area contributed by atoms with Crippen LogP contribution in [0.2, 0.25) is 5.02 Å². The summed E-state index contributed by atoms with van der Waals surface area (Å²) < 4.78 is 1.20. The Bertz CT molecular complexity index is 576. The van der Waals surface area contributed by atoms with E-state index >= 15 is 0 Å². The average Bonchev–Trinajstić information content (AvgIpc) is 2.37. The zero-order chi connectivity index (χ0) is 13.3. The Morgan fingerprint density at radius 2 is 1.74 bits per heavy atom. The van der Waals surface area contributed by atoms with Crippen molar-refractivity contribution in [1.29, 1.82) is 0 Å². The minimum absolute atomic E-state index is 0.202. The summed E-state index contributed by atoms with van der Waals surface area (Å²) in [7, 11) is 0. The summed E-state index contributed by atoms with van der Waals surface area (Å²) in [6.07, 6.45) is 1.04. The van der Waals surface area contributed by atoms with Crippen LogP contribution in [0.4, 0.5) is 0 Å². The van der Waals surface area contributed by atoms with Crippen LogP contribution >= 0.6 is 27.5 Å². The third-order valence-corrected chi connectivity index (χ3v) is 4.77. The van der Waals surface area contributed by atoms with Crippen LogP contribution in [0, 0.1) is 0 Å². The summed E-state index contributed by atoms with van der Waals surface area (Å²) in [5.41, 5.74) is 2.93. The van der Waals surface area contributed by atoms with Crippen molar-refractivity contribution in [3.05, 3.63) is 69.2 Å². The highest BCUT2D eigenvalue weighted by Gasteiger charge is 2.39. The molecule has 3 heteroatoms. The van der Waals surface area contributed by atoms with Gasteiger partial charge in [-0.1, -0.05) is 57.9 Å². The lowest BCUT2D eigenvalue weighted by atomic mass is 9.71. The third kappa shape index (κ3) is 2.58. The van der Waals surface area contributed by atoms with Crippen molar-refractivity contribution in [2.45, 2.75) is 11.8 Å². The maximum atomic E-state index is 5.95. The van der Waals surface area contributed by atoms with Gasteiger partial charge in [-0.2, -0.15) is 0 Å². The van der Waals surface area contributed by atoms with E-state index in [9.17, 15) is 0 Å².